The minimum absolute atomic E-state index is 0.461. The van der Waals surface area contributed by atoms with Crippen LogP contribution >= 0.6 is 11.3 Å². The van der Waals surface area contributed by atoms with Crippen LogP contribution in [0.3, 0.4) is 0 Å². The summed E-state index contributed by atoms with van der Waals surface area (Å²) in [6.45, 7) is 0. The van der Waals surface area contributed by atoms with Crippen molar-refractivity contribution in [3.8, 4) is 33.4 Å². The molecule has 1 heterocycles. The van der Waals surface area contributed by atoms with Crippen LogP contribution in [0, 0.1) is 0 Å². The summed E-state index contributed by atoms with van der Waals surface area (Å²) in [5.74, 6) is 0. The highest BCUT2D eigenvalue weighted by Gasteiger charge is 2.53. The predicted octanol–water partition coefficient (Wildman–Crippen LogP) is 16.2. The summed E-state index contributed by atoms with van der Waals surface area (Å²) >= 11 is 1.88. The Kier molecular flexibility index (Phi) is 7.47. The first-order chi connectivity index (χ1) is 31.8. The average molecular weight is 830 g/mol. The van der Waals surface area contributed by atoms with Crippen LogP contribution in [0.4, 0.5) is 17.1 Å². The summed E-state index contributed by atoms with van der Waals surface area (Å²) in [5.41, 5.74) is 20.7. The van der Waals surface area contributed by atoms with Gasteiger partial charge in [-0.3, -0.25) is 0 Å². The SMILES string of the molecule is c1ccc(C2(c3ccccc3)c3ccccc3-c3c(N(c4ccc5c(c4)sc4ccccc45)c4cccc5c4-c4ccccc4C54c5ccccc5-c5ccccc54)cccc32)cc1. The van der Waals surface area contributed by atoms with Crippen molar-refractivity contribution in [2.24, 2.45) is 0 Å². The lowest BCUT2D eigenvalue weighted by molar-refractivity contribution is 0.768. The van der Waals surface area contributed by atoms with Gasteiger partial charge in [0.1, 0.15) is 0 Å². The molecule has 0 saturated heterocycles. The third kappa shape index (κ3) is 4.53. The number of fused-ring (bicyclic) bond motifs is 16. The normalized spacial score (nSPS) is 14.2. The Balaban J connectivity index is 1.11. The zero-order valence-electron chi connectivity index (χ0n) is 34.9. The fourth-order valence-corrected chi connectivity index (χ4v) is 13.4. The maximum Gasteiger partial charge on any atom is 0.0726 e. The molecule has 64 heavy (non-hydrogen) atoms. The molecule has 14 rings (SSSR count). The number of hydrogen-bond acceptors (Lipinski definition) is 2. The fraction of sp³-hybridized carbons (Fsp3) is 0.0323. The molecule has 0 saturated carbocycles. The molecule has 0 bridgehead atoms. The largest absolute Gasteiger partial charge is 0.309 e. The van der Waals surface area contributed by atoms with Crippen LogP contribution < -0.4 is 4.90 Å². The first kappa shape index (κ1) is 35.8. The van der Waals surface area contributed by atoms with Gasteiger partial charge in [0.25, 0.3) is 0 Å². The van der Waals surface area contributed by atoms with Gasteiger partial charge in [0.15, 0.2) is 0 Å². The van der Waals surface area contributed by atoms with E-state index < -0.39 is 10.8 Å². The second kappa shape index (κ2) is 13.4. The lowest BCUT2D eigenvalue weighted by Crippen LogP contribution is -2.28. The third-order valence-corrected chi connectivity index (χ3v) is 15.7. The van der Waals surface area contributed by atoms with Crippen molar-refractivity contribution in [2.75, 3.05) is 4.90 Å². The van der Waals surface area contributed by atoms with Crippen molar-refractivity contribution < 1.29 is 0 Å². The first-order valence-electron chi connectivity index (χ1n) is 22.3. The molecule has 0 fully saturated rings. The van der Waals surface area contributed by atoms with Crippen molar-refractivity contribution in [3.63, 3.8) is 0 Å². The molecule has 0 aliphatic heterocycles. The lowest BCUT2D eigenvalue weighted by Gasteiger charge is -2.35. The number of nitrogens with zero attached hydrogens (tertiary/aromatic N) is 1. The molecule has 1 spiro atoms. The maximum absolute atomic E-state index is 2.60. The highest BCUT2D eigenvalue weighted by Crippen LogP contribution is 2.66. The van der Waals surface area contributed by atoms with Gasteiger partial charge < -0.3 is 4.90 Å². The monoisotopic (exact) mass is 829 g/mol. The Morgan fingerprint density at radius 3 is 1.30 bits per heavy atom. The number of anilines is 3. The molecule has 11 aromatic rings. The average Bonchev–Trinajstić information content (AvgIpc) is 4.08. The molecule has 298 valence electrons. The van der Waals surface area contributed by atoms with E-state index in [-0.39, 0.29) is 0 Å². The van der Waals surface area contributed by atoms with E-state index in [0.717, 1.165) is 5.69 Å². The van der Waals surface area contributed by atoms with Crippen LogP contribution in [0.25, 0.3) is 53.6 Å². The minimum atomic E-state index is -0.530. The second-order valence-corrected chi connectivity index (χ2v) is 18.5. The fourth-order valence-electron chi connectivity index (χ4n) is 12.2. The molecule has 0 unspecified atom stereocenters. The van der Waals surface area contributed by atoms with Crippen molar-refractivity contribution in [3.05, 3.63) is 281 Å². The van der Waals surface area contributed by atoms with Gasteiger partial charge in [-0.2, -0.15) is 0 Å². The topological polar surface area (TPSA) is 3.24 Å². The van der Waals surface area contributed by atoms with Gasteiger partial charge in [-0.1, -0.05) is 206 Å². The number of rotatable bonds is 5. The molecular weight excluding hydrogens is 791 g/mol. The molecule has 0 atom stereocenters. The number of benzene rings is 10. The summed E-state index contributed by atoms with van der Waals surface area (Å²) in [6.07, 6.45) is 0. The molecule has 1 aromatic heterocycles. The Labute approximate surface area is 376 Å². The molecule has 3 aliphatic rings. The summed E-state index contributed by atoms with van der Waals surface area (Å²) in [4.78, 5) is 2.60. The van der Waals surface area contributed by atoms with Crippen LogP contribution in [0.1, 0.15) is 44.5 Å². The molecular formula is C62H39NS. The Morgan fingerprint density at radius 2 is 0.719 bits per heavy atom. The van der Waals surface area contributed by atoms with Gasteiger partial charge in [-0.25, -0.2) is 0 Å². The molecule has 2 heteroatoms. The van der Waals surface area contributed by atoms with Gasteiger partial charge in [0.2, 0.25) is 0 Å². The zero-order valence-corrected chi connectivity index (χ0v) is 35.7. The number of hydrogen-bond donors (Lipinski definition) is 0. The van der Waals surface area contributed by atoms with Crippen molar-refractivity contribution in [1.29, 1.82) is 0 Å². The number of thiophene rings is 1. The zero-order chi connectivity index (χ0) is 42.0. The molecule has 10 aromatic carbocycles. The summed E-state index contributed by atoms with van der Waals surface area (Å²) in [6, 6.07) is 89.0. The predicted molar refractivity (Wildman–Crippen MR) is 268 cm³/mol. The standard InChI is InChI=1S/C62H39NS/c1-3-19-40(20-4-1)61(41-21-5-2-6-22-41)51-30-14-9-26-47(51)59-53(61)32-17-34-55(59)63(42-37-38-46-45-25-11-16-36-57(45)64-58(46)39-42)56-35-18-33-54-60(56)48-27-10-15-31-52(48)62(54)49-28-12-7-23-43(49)44-24-8-13-29-50(44)62/h1-39H. The first-order valence-corrected chi connectivity index (χ1v) is 23.1. The van der Waals surface area contributed by atoms with Gasteiger partial charge in [0.05, 0.1) is 22.2 Å². The van der Waals surface area contributed by atoms with Gasteiger partial charge in [0, 0.05) is 37.0 Å². The van der Waals surface area contributed by atoms with E-state index in [4.69, 9.17) is 0 Å². The summed E-state index contributed by atoms with van der Waals surface area (Å²) in [5, 5.41) is 2.60. The van der Waals surface area contributed by atoms with E-state index in [1.165, 1.54) is 109 Å². The molecule has 0 N–H and O–H groups in total. The van der Waals surface area contributed by atoms with E-state index in [9.17, 15) is 0 Å². The highest BCUT2D eigenvalue weighted by molar-refractivity contribution is 7.25. The Hall–Kier alpha value is -7.78. The van der Waals surface area contributed by atoms with Crippen LogP contribution in [-0.4, -0.2) is 0 Å². The maximum atomic E-state index is 2.60. The van der Waals surface area contributed by atoms with Gasteiger partial charge >= 0.3 is 0 Å². The van der Waals surface area contributed by atoms with Crippen molar-refractivity contribution in [2.45, 2.75) is 10.8 Å². The van der Waals surface area contributed by atoms with Crippen LogP contribution in [0.15, 0.2) is 237 Å². The highest BCUT2D eigenvalue weighted by atomic mass is 32.1. The van der Waals surface area contributed by atoms with E-state index in [1.54, 1.807) is 0 Å². The van der Waals surface area contributed by atoms with Crippen LogP contribution in [0.5, 0.6) is 0 Å². The van der Waals surface area contributed by atoms with Crippen LogP contribution in [-0.2, 0) is 10.8 Å². The quantitative estimate of drug-likeness (QED) is 0.167. The lowest BCUT2D eigenvalue weighted by atomic mass is 9.68. The third-order valence-electron chi connectivity index (χ3n) is 14.6. The molecule has 0 radical (unpaired) electrons. The van der Waals surface area contributed by atoms with E-state index in [1.807, 2.05) is 11.3 Å². The van der Waals surface area contributed by atoms with Crippen molar-refractivity contribution in [1.82, 2.24) is 0 Å². The summed E-state index contributed by atoms with van der Waals surface area (Å²) in [7, 11) is 0. The van der Waals surface area contributed by atoms with E-state index in [0.29, 0.717) is 0 Å². The Bertz CT molecular complexity index is 3510. The van der Waals surface area contributed by atoms with Gasteiger partial charge in [-0.15, -0.1) is 11.3 Å². The molecule has 1 nitrogen and oxygen atoms in total. The van der Waals surface area contributed by atoms with E-state index in [2.05, 4.69) is 241 Å². The van der Waals surface area contributed by atoms with Gasteiger partial charge in [-0.05, 0) is 97.1 Å². The molecule has 0 amide bonds. The van der Waals surface area contributed by atoms with Crippen LogP contribution in [0.2, 0.25) is 0 Å². The minimum Gasteiger partial charge on any atom is -0.309 e. The second-order valence-electron chi connectivity index (χ2n) is 17.4. The molecule has 3 aliphatic carbocycles. The summed E-state index contributed by atoms with van der Waals surface area (Å²) < 4.78 is 2.59. The van der Waals surface area contributed by atoms with E-state index >= 15 is 0 Å². The van der Waals surface area contributed by atoms with Crippen molar-refractivity contribution >= 4 is 48.6 Å². The smallest absolute Gasteiger partial charge is 0.0726 e. The Morgan fingerprint density at radius 1 is 0.297 bits per heavy atom.